The Morgan fingerprint density at radius 1 is 0.889 bits per heavy atom. The van der Waals surface area contributed by atoms with E-state index in [1.54, 1.807) is 6.92 Å². The first-order chi connectivity index (χ1) is 8.29. The van der Waals surface area contributed by atoms with Crippen LogP contribution in [0.5, 0.6) is 0 Å². The quantitative estimate of drug-likeness (QED) is 0.584. The molecule has 0 fully saturated rings. The zero-order valence-corrected chi connectivity index (χ0v) is 13.2. The van der Waals surface area contributed by atoms with Crippen LogP contribution in [0.1, 0.15) is 80.1 Å². The second-order valence-electron chi connectivity index (χ2n) is 5.89. The van der Waals surface area contributed by atoms with E-state index < -0.39 is 0 Å². The van der Waals surface area contributed by atoms with Gasteiger partial charge in [-0.1, -0.05) is 47.5 Å². The van der Waals surface area contributed by atoms with Gasteiger partial charge in [-0.05, 0) is 25.2 Å². The molecule has 2 nitrogen and oxygen atoms in total. The van der Waals surface area contributed by atoms with Crippen molar-refractivity contribution in [3.05, 3.63) is 0 Å². The summed E-state index contributed by atoms with van der Waals surface area (Å²) in [7, 11) is 0. The first-order valence-electron chi connectivity index (χ1n) is 7.30. The third-order valence-electron chi connectivity index (χ3n) is 2.40. The van der Waals surface area contributed by atoms with Crippen molar-refractivity contribution in [1.82, 2.24) is 0 Å². The Hall–Kier alpha value is -0.660. The zero-order valence-electron chi connectivity index (χ0n) is 13.2. The molecule has 0 aliphatic heterocycles. The van der Waals surface area contributed by atoms with Gasteiger partial charge in [0.1, 0.15) is 11.6 Å². The highest BCUT2D eigenvalue weighted by Crippen LogP contribution is 2.07. The maximum atomic E-state index is 11.1. The molecule has 0 aromatic rings. The van der Waals surface area contributed by atoms with Crippen molar-refractivity contribution >= 4 is 11.6 Å². The number of carbonyl (C=O) groups is 2. The Morgan fingerprint density at radius 2 is 1.33 bits per heavy atom. The fourth-order valence-corrected chi connectivity index (χ4v) is 1.62. The molecule has 0 amide bonds. The van der Waals surface area contributed by atoms with Gasteiger partial charge in [0.15, 0.2) is 0 Å². The molecule has 0 saturated heterocycles. The van der Waals surface area contributed by atoms with Gasteiger partial charge in [-0.15, -0.1) is 0 Å². The van der Waals surface area contributed by atoms with Crippen LogP contribution in [-0.2, 0) is 9.59 Å². The summed E-state index contributed by atoms with van der Waals surface area (Å²) in [5.41, 5.74) is 0. The van der Waals surface area contributed by atoms with Crippen molar-refractivity contribution < 1.29 is 9.59 Å². The molecule has 0 bridgehead atoms. The lowest BCUT2D eigenvalue weighted by Crippen LogP contribution is -2.05. The molecule has 0 unspecified atom stereocenters. The van der Waals surface area contributed by atoms with Gasteiger partial charge < -0.3 is 4.79 Å². The van der Waals surface area contributed by atoms with Gasteiger partial charge in [0, 0.05) is 19.3 Å². The Balaban J connectivity index is 0. The smallest absolute Gasteiger partial charge is 0.133 e. The molecule has 2 heteroatoms. The highest BCUT2D eigenvalue weighted by atomic mass is 16.1. The lowest BCUT2D eigenvalue weighted by Gasteiger charge is -2.05. The Bertz CT molecular complexity index is 205. The zero-order chi connectivity index (χ0) is 14.6. The van der Waals surface area contributed by atoms with Gasteiger partial charge in [-0.25, -0.2) is 0 Å². The van der Waals surface area contributed by atoms with E-state index in [2.05, 4.69) is 34.6 Å². The second kappa shape index (κ2) is 12.8. The predicted octanol–water partition coefficient (Wildman–Crippen LogP) is 4.80. The number of hydrogen-bond acceptors (Lipinski definition) is 2. The fourth-order valence-electron chi connectivity index (χ4n) is 1.62. The molecule has 0 atom stereocenters. The highest BCUT2D eigenvalue weighted by molar-refractivity contribution is 5.78. The lowest BCUT2D eigenvalue weighted by atomic mass is 10.00. The predicted molar refractivity (Wildman–Crippen MR) is 78.7 cm³/mol. The average Bonchev–Trinajstić information content (AvgIpc) is 2.15. The molecule has 0 radical (unpaired) electrons. The van der Waals surface area contributed by atoms with E-state index in [1.807, 2.05) is 0 Å². The van der Waals surface area contributed by atoms with Crippen LogP contribution in [0.3, 0.4) is 0 Å². The van der Waals surface area contributed by atoms with Crippen LogP contribution < -0.4 is 0 Å². The Morgan fingerprint density at radius 3 is 1.61 bits per heavy atom. The number of ketones is 2. The van der Waals surface area contributed by atoms with E-state index in [0.29, 0.717) is 23.4 Å². The van der Waals surface area contributed by atoms with Gasteiger partial charge in [-0.3, -0.25) is 4.79 Å². The van der Waals surface area contributed by atoms with Crippen LogP contribution in [0.2, 0.25) is 0 Å². The van der Waals surface area contributed by atoms with Crippen molar-refractivity contribution in [2.75, 3.05) is 0 Å². The van der Waals surface area contributed by atoms with Crippen molar-refractivity contribution in [2.45, 2.75) is 80.1 Å². The molecule has 0 N–H and O–H groups in total. The van der Waals surface area contributed by atoms with E-state index in [-0.39, 0.29) is 0 Å². The van der Waals surface area contributed by atoms with Gasteiger partial charge >= 0.3 is 0 Å². The third-order valence-corrected chi connectivity index (χ3v) is 2.40. The molecular weight excluding hydrogens is 224 g/mol. The van der Waals surface area contributed by atoms with Crippen LogP contribution >= 0.6 is 0 Å². The molecule has 18 heavy (non-hydrogen) atoms. The minimum absolute atomic E-state index is 0.318. The van der Waals surface area contributed by atoms with Crippen LogP contribution in [-0.4, -0.2) is 11.6 Å². The van der Waals surface area contributed by atoms with Crippen LogP contribution in [0.15, 0.2) is 0 Å². The van der Waals surface area contributed by atoms with E-state index >= 15 is 0 Å². The largest absolute Gasteiger partial charge is 0.300 e. The van der Waals surface area contributed by atoms with E-state index in [9.17, 15) is 9.59 Å². The average molecular weight is 256 g/mol. The van der Waals surface area contributed by atoms with E-state index in [1.165, 1.54) is 12.8 Å². The summed E-state index contributed by atoms with van der Waals surface area (Å²) in [5.74, 6) is 1.76. The van der Waals surface area contributed by atoms with Crippen LogP contribution in [0, 0.1) is 11.8 Å². The SMILES string of the molecule is CC(C)CC(=O)CC(C)C.CCCCCC(C)=O. The summed E-state index contributed by atoms with van der Waals surface area (Å²) in [6.07, 6.45) is 5.74. The topological polar surface area (TPSA) is 34.1 Å². The number of Topliss-reactive ketones (excluding diaryl/α,β-unsaturated/α-hetero) is 2. The summed E-state index contributed by atoms with van der Waals surface area (Å²) in [6.45, 7) is 12.1. The molecule has 0 spiro atoms. The Labute approximate surface area is 114 Å². The van der Waals surface area contributed by atoms with Crippen molar-refractivity contribution in [2.24, 2.45) is 11.8 Å². The normalized spacial score (nSPS) is 10.2. The van der Waals surface area contributed by atoms with Crippen molar-refractivity contribution in [3.8, 4) is 0 Å². The van der Waals surface area contributed by atoms with Crippen molar-refractivity contribution in [3.63, 3.8) is 0 Å². The number of carbonyl (C=O) groups excluding carboxylic acids is 2. The van der Waals surface area contributed by atoms with Gasteiger partial charge in [0.25, 0.3) is 0 Å². The number of rotatable bonds is 8. The maximum Gasteiger partial charge on any atom is 0.133 e. The molecule has 108 valence electrons. The minimum Gasteiger partial charge on any atom is -0.300 e. The summed E-state index contributed by atoms with van der Waals surface area (Å²) in [6, 6.07) is 0. The van der Waals surface area contributed by atoms with Crippen LogP contribution in [0.25, 0.3) is 0 Å². The minimum atomic E-state index is 0.318. The summed E-state index contributed by atoms with van der Waals surface area (Å²) < 4.78 is 0. The first kappa shape index (κ1) is 19.7. The van der Waals surface area contributed by atoms with Crippen molar-refractivity contribution in [1.29, 1.82) is 0 Å². The molecule has 0 rings (SSSR count). The lowest BCUT2D eigenvalue weighted by molar-refractivity contribution is -0.120. The Kier molecular flexibility index (Phi) is 14.0. The van der Waals surface area contributed by atoms with E-state index in [0.717, 1.165) is 25.7 Å². The van der Waals surface area contributed by atoms with Gasteiger partial charge in [0.2, 0.25) is 0 Å². The standard InChI is InChI=1S/C9H18O.C7H14O/c1-7(2)5-9(10)6-8(3)4;1-3-4-5-6-7(2)8/h7-8H,5-6H2,1-4H3;3-6H2,1-2H3. The summed E-state index contributed by atoms with van der Waals surface area (Å²) in [5, 5.41) is 0. The number of unbranched alkanes of at least 4 members (excludes halogenated alkanes) is 2. The van der Waals surface area contributed by atoms with Crippen LogP contribution in [0.4, 0.5) is 0 Å². The molecule has 0 saturated carbocycles. The molecule has 0 aromatic heterocycles. The molecule has 0 aliphatic rings. The van der Waals surface area contributed by atoms with Gasteiger partial charge in [-0.2, -0.15) is 0 Å². The summed E-state index contributed by atoms with van der Waals surface area (Å²) in [4.78, 5) is 21.4. The third kappa shape index (κ3) is 20.7. The monoisotopic (exact) mass is 256 g/mol. The second-order valence-corrected chi connectivity index (χ2v) is 5.89. The summed E-state index contributed by atoms with van der Waals surface area (Å²) >= 11 is 0. The molecular formula is C16H32O2. The van der Waals surface area contributed by atoms with E-state index in [4.69, 9.17) is 0 Å². The number of hydrogen-bond donors (Lipinski definition) is 0. The maximum absolute atomic E-state index is 11.1. The first-order valence-corrected chi connectivity index (χ1v) is 7.30. The molecule has 0 aromatic carbocycles. The molecule has 0 heterocycles. The highest BCUT2D eigenvalue weighted by Gasteiger charge is 2.06. The van der Waals surface area contributed by atoms with Gasteiger partial charge in [0.05, 0.1) is 0 Å². The molecule has 0 aliphatic carbocycles. The fraction of sp³-hybridized carbons (Fsp3) is 0.875.